The van der Waals surface area contributed by atoms with Crippen LogP contribution in [0.25, 0.3) is 16.9 Å². The van der Waals surface area contributed by atoms with Gasteiger partial charge in [0.2, 0.25) is 5.95 Å². The van der Waals surface area contributed by atoms with Crippen LogP contribution in [0.1, 0.15) is 10.5 Å². The number of aromatic nitrogens is 4. The highest BCUT2D eigenvalue weighted by Gasteiger charge is 2.18. The quantitative estimate of drug-likeness (QED) is 0.169. The van der Waals surface area contributed by atoms with Crippen LogP contribution in [0.15, 0.2) is 48.8 Å². The predicted octanol–water partition coefficient (Wildman–Crippen LogP) is 2.29. The van der Waals surface area contributed by atoms with E-state index in [9.17, 15) is 15.0 Å². The number of rotatable bonds is 10. The number of halogens is 2. The monoisotopic (exact) mass is 530 g/mol. The van der Waals surface area contributed by atoms with E-state index in [1.54, 1.807) is 47.0 Å². The molecule has 4 rings (SSSR count). The maximum absolute atomic E-state index is 12.6. The Bertz CT molecular complexity index is 1360. The molecule has 0 aliphatic rings. The molecule has 0 spiro atoms. The van der Waals surface area contributed by atoms with Gasteiger partial charge in [-0.05, 0) is 30.3 Å². The van der Waals surface area contributed by atoms with Gasteiger partial charge in [0.1, 0.15) is 17.2 Å². The van der Waals surface area contributed by atoms with Crippen molar-refractivity contribution in [2.24, 2.45) is 0 Å². The minimum absolute atomic E-state index is 0.0929. The number of imidazole rings is 1. The van der Waals surface area contributed by atoms with Gasteiger partial charge in [-0.2, -0.15) is 0 Å². The fourth-order valence-corrected chi connectivity index (χ4v) is 3.85. The number of fused-ring (bicyclic) bond motifs is 1. The van der Waals surface area contributed by atoms with Crippen molar-refractivity contribution in [2.45, 2.75) is 6.04 Å². The highest BCUT2D eigenvalue weighted by molar-refractivity contribution is 6.36. The largest absolute Gasteiger partial charge is 0.397 e. The van der Waals surface area contributed by atoms with E-state index in [-0.39, 0.29) is 5.69 Å². The summed E-state index contributed by atoms with van der Waals surface area (Å²) in [6.45, 7) is 0.170. The second-order valence-electron chi connectivity index (χ2n) is 7.81. The van der Waals surface area contributed by atoms with E-state index in [1.807, 2.05) is 0 Å². The number of aliphatic hydroxyl groups excluding tert-OH is 2. The van der Waals surface area contributed by atoms with Gasteiger partial charge in [-0.25, -0.2) is 15.0 Å². The van der Waals surface area contributed by atoms with Crippen LogP contribution in [0.2, 0.25) is 10.0 Å². The molecule has 0 aliphatic heterocycles. The van der Waals surface area contributed by atoms with Gasteiger partial charge in [0, 0.05) is 35.9 Å². The maximum Gasteiger partial charge on any atom is 0.271 e. The van der Waals surface area contributed by atoms with Gasteiger partial charge in [-0.3, -0.25) is 9.20 Å². The molecule has 3 heterocycles. The predicted molar refractivity (Wildman–Crippen MR) is 139 cm³/mol. The Morgan fingerprint density at radius 1 is 1.06 bits per heavy atom. The number of nitrogens with two attached hydrogens (primary N) is 1. The van der Waals surface area contributed by atoms with Gasteiger partial charge >= 0.3 is 0 Å². The summed E-state index contributed by atoms with van der Waals surface area (Å²) in [4.78, 5) is 25.9. The zero-order valence-corrected chi connectivity index (χ0v) is 20.5. The normalized spacial score (nSPS) is 11.1. The Morgan fingerprint density at radius 2 is 1.83 bits per heavy atom. The first kappa shape index (κ1) is 25.5. The van der Waals surface area contributed by atoms with Crippen molar-refractivity contribution in [3.05, 3.63) is 64.5 Å². The molecule has 3 aromatic heterocycles. The number of carbonyl (C=O) groups is 1. The molecule has 1 aromatic carbocycles. The molecule has 0 saturated carbocycles. The van der Waals surface area contributed by atoms with Gasteiger partial charge in [-0.15, -0.1) is 0 Å². The first-order chi connectivity index (χ1) is 17.4. The summed E-state index contributed by atoms with van der Waals surface area (Å²) in [7, 11) is 0. The lowest BCUT2D eigenvalue weighted by Crippen LogP contribution is -2.40. The molecule has 0 atom stereocenters. The number of benzene rings is 1. The van der Waals surface area contributed by atoms with Gasteiger partial charge < -0.3 is 31.9 Å². The van der Waals surface area contributed by atoms with Crippen LogP contribution in [-0.4, -0.2) is 67.8 Å². The van der Waals surface area contributed by atoms with E-state index in [0.29, 0.717) is 57.5 Å². The lowest BCUT2D eigenvalue weighted by atomic mass is 10.1. The van der Waals surface area contributed by atoms with Crippen molar-refractivity contribution in [1.29, 1.82) is 0 Å². The lowest BCUT2D eigenvalue weighted by molar-refractivity contribution is 0.0875. The van der Waals surface area contributed by atoms with Crippen LogP contribution in [0.4, 0.5) is 17.5 Å². The maximum atomic E-state index is 12.6. The Morgan fingerprint density at radius 3 is 2.53 bits per heavy atom. The Hall–Kier alpha value is -3.64. The Labute approximate surface area is 216 Å². The number of nitrogens with zero attached hydrogens (tertiary/aromatic N) is 4. The zero-order chi connectivity index (χ0) is 25.7. The van der Waals surface area contributed by atoms with Crippen LogP contribution >= 0.6 is 23.2 Å². The van der Waals surface area contributed by atoms with Crippen LogP contribution in [-0.2, 0) is 0 Å². The van der Waals surface area contributed by atoms with Crippen molar-refractivity contribution in [3.63, 3.8) is 0 Å². The van der Waals surface area contributed by atoms with Crippen LogP contribution in [0, 0.1) is 0 Å². The Kier molecular flexibility index (Phi) is 8.06. The van der Waals surface area contributed by atoms with Gasteiger partial charge in [-0.1, -0.05) is 23.2 Å². The highest BCUT2D eigenvalue weighted by atomic mass is 35.5. The summed E-state index contributed by atoms with van der Waals surface area (Å²) in [5, 5.41) is 28.4. The zero-order valence-electron chi connectivity index (χ0n) is 18.9. The number of amides is 1. The molecule has 188 valence electrons. The van der Waals surface area contributed by atoms with E-state index in [4.69, 9.17) is 33.9 Å². The third-order valence-electron chi connectivity index (χ3n) is 5.17. The number of anilines is 3. The third-order valence-corrected chi connectivity index (χ3v) is 5.72. The fraction of sp³-hybridized carbons (Fsp3) is 0.217. The van der Waals surface area contributed by atoms with Crippen molar-refractivity contribution < 1.29 is 15.0 Å². The van der Waals surface area contributed by atoms with Crippen LogP contribution in [0.5, 0.6) is 0 Å². The van der Waals surface area contributed by atoms with Crippen LogP contribution in [0.3, 0.4) is 0 Å². The topological polar surface area (TPSA) is 163 Å². The summed E-state index contributed by atoms with van der Waals surface area (Å²) in [6, 6.07) is 9.52. The minimum atomic E-state index is -0.797. The SMILES string of the molecule is Nc1ccc(NCCNc2nc(-c3ccc(Cl)cc3Cl)cc3nc(C(=O)NC(CO)CO)cn23)nc1. The molecule has 0 radical (unpaired) electrons. The van der Waals surface area contributed by atoms with E-state index in [2.05, 4.69) is 25.9 Å². The number of nitrogen functional groups attached to an aromatic ring is 1. The lowest BCUT2D eigenvalue weighted by Gasteiger charge is -2.12. The first-order valence-corrected chi connectivity index (χ1v) is 11.7. The molecule has 13 heteroatoms. The van der Waals surface area contributed by atoms with E-state index in [1.165, 1.54) is 6.20 Å². The standard InChI is InChI=1S/C23H24Cl2N8O3/c24-13-1-3-16(17(25)7-13)18-8-21-31-19(22(36)30-15(11-34)12-35)10-33(21)23(32-18)28-6-5-27-20-4-2-14(26)9-29-20/h1-4,7-10,15,34-35H,5-6,11-12,26H2,(H,27,29)(H,28,32)(H,30,36). The molecule has 0 bridgehead atoms. The number of hydrogen-bond donors (Lipinski definition) is 6. The van der Waals surface area contributed by atoms with Crippen molar-refractivity contribution >= 4 is 52.2 Å². The van der Waals surface area contributed by atoms with Crippen molar-refractivity contribution in [3.8, 4) is 11.3 Å². The van der Waals surface area contributed by atoms with Gasteiger partial charge in [0.15, 0.2) is 0 Å². The molecule has 0 aliphatic carbocycles. The number of pyridine rings is 1. The summed E-state index contributed by atoms with van der Waals surface area (Å²) in [5.41, 5.74) is 7.95. The smallest absolute Gasteiger partial charge is 0.271 e. The minimum Gasteiger partial charge on any atom is -0.397 e. The summed E-state index contributed by atoms with van der Waals surface area (Å²) in [6.07, 6.45) is 3.09. The fourth-order valence-electron chi connectivity index (χ4n) is 3.34. The molecule has 0 saturated heterocycles. The number of hydrogen-bond acceptors (Lipinski definition) is 9. The molecular formula is C23H24Cl2N8O3. The highest BCUT2D eigenvalue weighted by Crippen LogP contribution is 2.31. The Balaban J connectivity index is 1.62. The molecule has 0 fully saturated rings. The second-order valence-corrected chi connectivity index (χ2v) is 8.65. The average Bonchev–Trinajstić information content (AvgIpc) is 3.30. The molecule has 11 nitrogen and oxygen atoms in total. The third kappa shape index (κ3) is 5.94. The summed E-state index contributed by atoms with van der Waals surface area (Å²) >= 11 is 12.5. The number of nitrogens with one attached hydrogen (secondary N) is 3. The summed E-state index contributed by atoms with van der Waals surface area (Å²) < 4.78 is 1.64. The molecule has 1 amide bonds. The van der Waals surface area contributed by atoms with Gasteiger partial charge in [0.05, 0.1) is 41.9 Å². The molecule has 4 aromatic rings. The second kappa shape index (κ2) is 11.4. The molecule has 36 heavy (non-hydrogen) atoms. The van der Waals surface area contributed by atoms with Crippen LogP contribution < -0.4 is 21.7 Å². The van der Waals surface area contributed by atoms with E-state index in [0.717, 1.165) is 0 Å². The van der Waals surface area contributed by atoms with Crippen molar-refractivity contribution in [1.82, 2.24) is 24.7 Å². The summed E-state index contributed by atoms with van der Waals surface area (Å²) in [5.74, 6) is 0.558. The number of carbonyl (C=O) groups excluding carboxylic acids is 1. The molecule has 0 unspecified atom stereocenters. The molecular weight excluding hydrogens is 507 g/mol. The molecule has 7 N–H and O–H groups in total. The number of aliphatic hydroxyl groups is 2. The van der Waals surface area contributed by atoms with E-state index < -0.39 is 25.2 Å². The first-order valence-electron chi connectivity index (χ1n) is 11.0. The van der Waals surface area contributed by atoms with Crippen molar-refractivity contribution in [2.75, 3.05) is 42.7 Å². The van der Waals surface area contributed by atoms with Gasteiger partial charge in [0.25, 0.3) is 5.91 Å². The average molecular weight is 531 g/mol. The van der Waals surface area contributed by atoms with E-state index >= 15 is 0 Å².